The van der Waals surface area contributed by atoms with Gasteiger partial charge in [-0.1, -0.05) is 42.6 Å². The van der Waals surface area contributed by atoms with Crippen molar-refractivity contribution in [1.82, 2.24) is 4.90 Å². The van der Waals surface area contributed by atoms with E-state index in [9.17, 15) is 4.79 Å². The smallest absolute Gasteiger partial charge is 0.222 e. The highest BCUT2D eigenvalue weighted by Gasteiger charge is 2.26. The monoisotopic (exact) mass is 360 g/mol. The van der Waals surface area contributed by atoms with Gasteiger partial charge in [-0.3, -0.25) is 4.79 Å². The number of hydrogen-bond acceptors (Lipinski definition) is 3. The Morgan fingerprint density at radius 3 is 2.74 bits per heavy atom. The Bertz CT molecular complexity index is 485. The Balaban J connectivity index is 0.00000264. The Labute approximate surface area is 149 Å². The van der Waals surface area contributed by atoms with E-state index < -0.39 is 0 Å². The van der Waals surface area contributed by atoms with Crippen molar-refractivity contribution < 1.29 is 9.53 Å². The van der Waals surface area contributed by atoms with Crippen molar-refractivity contribution in [2.24, 2.45) is 5.73 Å². The number of benzene rings is 1. The molecule has 0 spiro atoms. The lowest BCUT2D eigenvalue weighted by Crippen LogP contribution is -2.42. The molecule has 1 aliphatic heterocycles. The fraction of sp³-hybridized carbons (Fsp3) is 0.588. The van der Waals surface area contributed by atoms with E-state index in [4.69, 9.17) is 22.1 Å². The van der Waals surface area contributed by atoms with Crippen molar-refractivity contribution in [2.45, 2.75) is 38.2 Å². The predicted octanol–water partition coefficient (Wildman–Crippen LogP) is 3.57. The van der Waals surface area contributed by atoms with Crippen LogP contribution >= 0.6 is 24.0 Å². The quantitative estimate of drug-likeness (QED) is 0.756. The van der Waals surface area contributed by atoms with Crippen molar-refractivity contribution in [3.63, 3.8) is 0 Å². The minimum Gasteiger partial charge on any atom is -0.370 e. The Hall–Kier alpha value is -0.810. The molecular weight excluding hydrogens is 335 g/mol. The molecule has 0 aromatic heterocycles. The molecule has 1 fully saturated rings. The zero-order chi connectivity index (χ0) is 15.8. The fourth-order valence-electron chi connectivity index (χ4n) is 2.73. The highest BCUT2D eigenvalue weighted by atomic mass is 35.5. The van der Waals surface area contributed by atoms with E-state index in [0.717, 1.165) is 37.8 Å². The maximum absolute atomic E-state index is 12.3. The van der Waals surface area contributed by atoms with Crippen LogP contribution in [0.2, 0.25) is 5.02 Å². The van der Waals surface area contributed by atoms with E-state index in [1.54, 1.807) is 0 Å². The minimum atomic E-state index is -0.122. The number of amides is 1. The molecule has 0 radical (unpaired) electrons. The Morgan fingerprint density at radius 2 is 2.00 bits per heavy atom. The molecule has 1 atom stereocenters. The summed E-state index contributed by atoms with van der Waals surface area (Å²) in [5.41, 5.74) is 6.43. The largest absolute Gasteiger partial charge is 0.370 e. The Morgan fingerprint density at radius 1 is 1.26 bits per heavy atom. The first-order valence-corrected chi connectivity index (χ1v) is 8.44. The molecule has 0 bridgehead atoms. The second-order valence-corrected chi connectivity index (χ2v) is 6.08. The fourth-order valence-corrected chi connectivity index (χ4v) is 2.99. The maximum atomic E-state index is 12.3. The summed E-state index contributed by atoms with van der Waals surface area (Å²) in [5, 5.41) is 0.698. The first-order chi connectivity index (χ1) is 10.7. The van der Waals surface area contributed by atoms with Crippen molar-refractivity contribution in [1.29, 1.82) is 0 Å². The summed E-state index contributed by atoms with van der Waals surface area (Å²) in [7, 11) is 0. The van der Waals surface area contributed by atoms with Crippen LogP contribution in [0.15, 0.2) is 24.3 Å². The molecule has 2 rings (SSSR count). The highest BCUT2D eigenvalue weighted by molar-refractivity contribution is 6.31. The van der Waals surface area contributed by atoms with Crippen molar-refractivity contribution >= 4 is 29.9 Å². The molecule has 1 aliphatic rings. The summed E-state index contributed by atoms with van der Waals surface area (Å²) in [6.45, 7) is 2.56. The summed E-state index contributed by atoms with van der Waals surface area (Å²) in [6, 6.07) is 7.67. The third kappa shape index (κ3) is 6.30. The molecule has 6 heteroatoms. The lowest BCUT2D eigenvalue weighted by molar-refractivity contribution is -0.139. The number of morpholine rings is 1. The van der Waals surface area contributed by atoms with Crippen LogP contribution in [0.25, 0.3) is 0 Å². The molecule has 1 aromatic rings. The van der Waals surface area contributed by atoms with Gasteiger partial charge in [0.2, 0.25) is 5.91 Å². The van der Waals surface area contributed by atoms with Gasteiger partial charge in [-0.05, 0) is 25.5 Å². The number of carbonyl (C=O) groups is 1. The number of nitrogens with two attached hydrogens (primary N) is 1. The van der Waals surface area contributed by atoms with Gasteiger partial charge in [-0.2, -0.15) is 0 Å². The van der Waals surface area contributed by atoms with Crippen molar-refractivity contribution in [3.8, 4) is 0 Å². The molecule has 1 heterocycles. The zero-order valence-corrected chi connectivity index (χ0v) is 15.0. The molecule has 2 N–H and O–H groups in total. The Kier molecular flexibility index (Phi) is 9.56. The summed E-state index contributed by atoms with van der Waals surface area (Å²) >= 11 is 6.22. The van der Waals surface area contributed by atoms with Gasteiger partial charge >= 0.3 is 0 Å². The highest BCUT2D eigenvalue weighted by Crippen LogP contribution is 2.28. The first-order valence-electron chi connectivity index (χ1n) is 8.06. The van der Waals surface area contributed by atoms with Gasteiger partial charge in [0.1, 0.15) is 6.10 Å². The van der Waals surface area contributed by atoms with E-state index in [0.29, 0.717) is 31.1 Å². The van der Waals surface area contributed by atoms with Gasteiger partial charge in [0.15, 0.2) is 0 Å². The van der Waals surface area contributed by atoms with Crippen LogP contribution in [0.5, 0.6) is 0 Å². The van der Waals surface area contributed by atoms with E-state index in [1.165, 1.54) is 0 Å². The van der Waals surface area contributed by atoms with Crippen LogP contribution in [-0.4, -0.2) is 37.0 Å². The van der Waals surface area contributed by atoms with Crippen molar-refractivity contribution in [2.75, 3.05) is 26.2 Å². The van der Waals surface area contributed by atoms with Crippen LogP contribution in [0.1, 0.15) is 43.8 Å². The molecule has 1 unspecified atom stereocenters. The average Bonchev–Trinajstić information content (AvgIpc) is 2.55. The van der Waals surface area contributed by atoms with Crippen LogP contribution in [0.3, 0.4) is 0 Å². The van der Waals surface area contributed by atoms with Gasteiger partial charge in [0.05, 0.1) is 13.2 Å². The average molecular weight is 361 g/mol. The van der Waals surface area contributed by atoms with Crippen LogP contribution in [0.4, 0.5) is 0 Å². The lowest BCUT2D eigenvalue weighted by Gasteiger charge is -2.33. The van der Waals surface area contributed by atoms with Crippen LogP contribution in [0, 0.1) is 0 Å². The summed E-state index contributed by atoms with van der Waals surface area (Å²) in [5.74, 6) is 0.216. The van der Waals surface area contributed by atoms with E-state index >= 15 is 0 Å². The van der Waals surface area contributed by atoms with Crippen molar-refractivity contribution in [3.05, 3.63) is 34.9 Å². The third-order valence-electron chi connectivity index (χ3n) is 4.02. The van der Waals surface area contributed by atoms with E-state index in [1.807, 2.05) is 29.2 Å². The van der Waals surface area contributed by atoms with Gasteiger partial charge in [-0.25, -0.2) is 0 Å². The second-order valence-electron chi connectivity index (χ2n) is 5.67. The number of hydrogen-bond donors (Lipinski definition) is 1. The van der Waals surface area contributed by atoms with E-state index in [-0.39, 0.29) is 24.4 Å². The number of carbonyl (C=O) groups excluding carboxylic acids is 1. The SMILES string of the molecule is Cl.NCCCCCCC(=O)N1CCOC(c2ccccc2Cl)C1. The molecule has 130 valence electrons. The molecule has 1 amide bonds. The second kappa shape index (κ2) is 10.9. The number of unbranched alkanes of at least 4 members (excludes halogenated alkanes) is 3. The third-order valence-corrected chi connectivity index (χ3v) is 4.36. The van der Waals surface area contributed by atoms with Gasteiger partial charge in [0.25, 0.3) is 0 Å². The predicted molar refractivity (Wildman–Crippen MR) is 96.1 cm³/mol. The van der Waals surface area contributed by atoms with Gasteiger partial charge < -0.3 is 15.4 Å². The standard InChI is InChI=1S/C17H25ClN2O2.ClH/c18-15-8-5-4-7-14(15)16-13-20(11-12-22-16)17(21)9-3-1-2-6-10-19;/h4-5,7-8,16H,1-3,6,9-13,19H2;1H. The van der Waals surface area contributed by atoms with E-state index in [2.05, 4.69) is 0 Å². The lowest BCUT2D eigenvalue weighted by atomic mass is 10.1. The molecule has 4 nitrogen and oxygen atoms in total. The van der Waals surface area contributed by atoms with Crippen LogP contribution < -0.4 is 5.73 Å². The zero-order valence-electron chi connectivity index (χ0n) is 13.4. The molecule has 1 saturated heterocycles. The molecular formula is C17H26Cl2N2O2. The summed E-state index contributed by atoms with van der Waals surface area (Å²) < 4.78 is 5.79. The van der Waals surface area contributed by atoms with Crippen LogP contribution in [-0.2, 0) is 9.53 Å². The number of ether oxygens (including phenoxy) is 1. The number of halogens is 2. The summed E-state index contributed by atoms with van der Waals surface area (Å²) in [6.07, 6.45) is 4.65. The minimum absolute atomic E-state index is 0. The molecule has 23 heavy (non-hydrogen) atoms. The normalized spacial score (nSPS) is 17.7. The molecule has 0 saturated carbocycles. The maximum Gasteiger partial charge on any atom is 0.222 e. The van der Waals surface area contributed by atoms with Gasteiger partial charge in [-0.15, -0.1) is 12.4 Å². The number of nitrogens with zero attached hydrogens (tertiary/aromatic N) is 1. The van der Waals surface area contributed by atoms with Gasteiger partial charge in [0, 0.05) is 23.6 Å². The molecule has 1 aromatic carbocycles. The number of rotatable bonds is 7. The summed E-state index contributed by atoms with van der Waals surface area (Å²) in [4.78, 5) is 14.2. The molecule has 0 aliphatic carbocycles. The topological polar surface area (TPSA) is 55.6 Å². The first kappa shape index (κ1) is 20.2.